The molecule has 5 atom stereocenters. The lowest BCUT2D eigenvalue weighted by Gasteiger charge is -2.47. The van der Waals surface area contributed by atoms with Crippen molar-refractivity contribution in [1.29, 1.82) is 0 Å². The number of aromatic nitrogens is 1. The number of allylic oxidation sites excluding steroid dienone is 1. The zero-order valence-electron chi connectivity index (χ0n) is 34.3. The molecule has 0 bridgehead atoms. The minimum Gasteiger partial charge on any atom is -0.483 e. The van der Waals surface area contributed by atoms with E-state index in [0.717, 1.165) is 37.7 Å². The maximum Gasteiger partial charge on any atom is 0.408 e. The molecular formula is C42H58FN5O8S. The maximum absolute atomic E-state index is 16.7. The van der Waals surface area contributed by atoms with Gasteiger partial charge in [-0.05, 0) is 97.3 Å². The number of carbonyl (C=O) groups is 4. The zero-order valence-corrected chi connectivity index (χ0v) is 35.1. The van der Waals surface area contributed by atoms with Crippen molar-refractivity contribution in [3.63, 3.8) is 0 Å². The Morgan fingerprint density at radius 2 is 1.84 bits per heavy atom. The van der Waals surface area contributed by atoms with Crippen LogP contribution in [0.25, 0.3) is 10.9 Å². The van der Waals surface area contributed by atoms with Gasteiger partial charge >= 0.3 is 6.09 Å². The molecule has 1 aromatic heterocycles. The summed E-state index contributed by atoms with van der Waals surface area (Å²) in [5, 5.41) is 6.02. The number of ether oxygens (including phenoxy) is 2. The first kappa shape index (κ1) is 42.3. The van der Waals surface area contributed by atoms with Gasteiger partial charge in [-0.25, -0.2) is 22.6 Å². The monoisotopic (exact) mass is 811 g/mol. The van der Waals surface area contributed by atoms with Crippen molar-refractivity contribution in [3.8, 4) is 5.75 Å². The van der Waals surface area contributed by atoms with Gasteiger partial charge in [-0.3, -0.25) is 19.1 Å². The van der Waals surface area contributed by atoms with Crippen LogP contribution in [0.4, 0.5) is 9.18 Å². The molecule has 2 aliphatic heterocycles. The van der Waals surface area contributed by atoms with Crippen molar-refractivity contribution >= 4 is 44.7 Å². The first-order valence-electron chi connectivity index (χ1n) is 20.3. The van der Waals surface area contributed by atoms with Crippen LogP contribution >= 0.6 is 0 Å². The molecule has 1 spiro atoms. The summed E-state index contributed by atoms with van der Waals surface area (Å²) in [4.78, 5) is 61.4. The molecule has 4 aliphatic rings. The summed E-state index contributed by atoms with van der Waals surface area (Å²) in [6, 6.07) is 4.48. The second kappa shape index (κ2) is 15.8. The fraction of sp³-hybridized carbons (Fsp3) is 0.643. The van der Waals surface area contributed by atoms with Crippen LogP contribution in [0.1, 0.15) is 129 Å². The number of nitrogens with one attached hydrogen (secondary N) is 3. The average molecular weight is 812 g/mol. The van der Waals surface area contributed by atoms with Gasteiger partial charge in [-0.2, -0.15) is 0 Å². The molecular weight excluding hydrogens is 754 g/mol. The SMILES string of the molecule is CCCCCC=CC1CCC1(NC(=O)C1CC2(CC(F)c3c(c(C)nc4ccc(CC)cc34)O2)CN1C(=O)CNC(=O)OC(C)(C)C)C(=O)NS(=O)(=O)C1(C)CC1. The van der Waals surface area contributed by atoms with Gasteiger partial charge in [0.25, 0.3) is 5.91 Å². The Morgan fingerprint density at radius 1 is 1.11 bits per heavy atom. The van der Waals surface area contributed by atoms with E-state index in [9.17, 15) is 27.6 Å². The highest BCUT2D eigenvalue weighted by Gasteiger charge is 2.60. The van der Waals surface area contributed by atoms with E-state index >= 15 is 4.39 Å². The number of carbonyl (C=O) groups excluding carboxylic acids is 4. The van der Waals surface area contributed by atoms with Gasteiger partial charge in [0.1, 0.15) is 41.2 Å². The van der Waals surface area contributed by atoms with Crippen LogP contribution in [-0.2, 0) is 35.6 Å². The average Bonchev–Trinajstić information content (AvgIpc) is 3.80. The van der Waals surface area contributed by atoms with Crippen molar-refractivity contribution in [2.45, 2.75) is 153 Å². The molecule has 6 rings (SSSR count). The number of hydrogen-bond acceptors (Lipinski definition) is 9. The molecule has 2 aromatic rings. The zero-order chi connectivity index (χ0) is 41.6. The Kier molecular flexibility index (Phi) is 11.8. The molecule has 15 heteroatoms. The van der Waals surface area contributed by atoms with Crippen molar-refractivity contribution in [2.24, 2.45) is 5.92 Å². The van der Waals surface area contributed by atoms with Crippen LogP contribution in [-0.4, -0.2) is 82.7 Å². The lowest BCUT2D eigenvalue weighted by Crippen LogP contribution is -2.70. The van der Waals surface area contributed by atoms with Gasteiger partial charge in [0.15, 0.2) is 0 Å². The fourth-order valence-corrected chi connectivity index (χ4v) is 9.54. The van der Waals surface area contributed by atoms with Gasteiger partial charge in [-0.15, -0.1) is 0 Å². The second-order valence-electron chi connectivity index (χ2n) is 17.6. The number of pyridine rings is 1. The minimum absolute atomic E-state index is 0.130. The summed E-state index contributed by atoms with van der Waals surface area (Å²) in [5.41, 5.74) is -1.33. The van der Waals surface area contributed by atoms with Crippen LogP contribution in [0.15, 0.2) is 30.4 Å². The summed E-state index contributed by atoms with van der Waals surface area (Å²) in [6.07, 6.45) is 7.20. The second-order valence-corrected chi connectivity index (χ2v) is 19.8. The number of alkyl halides is 1. The van der Waals surface area contributed by atoms with Crippen LogP contribution in [0.5, 0.6) is 5.75 Å². The molecule has 2 aliphatic carbocycles. The van der Waals surface area contributed by atoms with Crippen molar-refractivity contribution in [2.75, 3.05) is 13.1 Å². The molecule has 5 unspecified atom stereocenters. The largest absolute Gasteiger partial charge is 0.483 e. The number of unbranched alkanes of at least 4 members (excludes halogenated alkanes) is 3. The van der Waals surface area contributed by atoms with Crippen molar-refractivity contribution in [1.82, 2.24) is 25.2 Å². The highest BCUT2D eigenvalue weighted by molar-refractivity contribution is 7.91. The first-order valence-corrected chi connectivity index (χ1v) is 21.8. The van der Waals surface area contributed by atoms with Crippen LogP contribution < -0.4 is 20.1 Å². The molecule has 3 heterocycles. The molecule has 3 N–H and O–H groups in total. The van der Waals surface area contributed by atoms with Gasteiger partial charge in [0.2, 0.25) is 21.8 Å². The predicted octanol–water partition coefficient (Wildman–Crippen LogP) is 6.16. The fourth-order valence-electron chi connectivity index (χ4n) is 8.23. The summed E-state index contributed by atoms with van der Waals surface area (Å²) >= 11 is 0. The highest BCUT2D eigenvalue weighted by atomic mass is 32.2. The summed E-state index contributed by atoms with van der Waals surface area (Å²) in [5.74, 6) is -2.44. The van der Waals surface area contributed by atoms with E-state index in [-0.39, 0.29) is 31.6 Å². The number of sulfonamides is 1. The van der Waals surface area contributed by atoms with E-state index in [1.165, 1.54) is 4.90 Å². The Bertz CT molecular complexity index is 2060. The number of alkyl carbamates (subject to hydrolysis) is 1. The standard InChI is InChI=1S/C42H58FN5O8S/c1-8-10-11-12-13-14-28-17-18-42(28,37(51)47-57(53,54)40(7)19-20-40)46-36(50)32-23-41(25-48(32)33(49)24-44-38(52)56-39(4,5)6)22-30(43)34-29-21-27(9-2)15-16-31(29)45-26(3)35(34)55-41/h13-16,21,28,30,32H,8-12,17-20,22-25H2,1-7H3,(H,44,52)(H,46,50)(H,47,51). The molecule has 0 radical (unpaired) electrons. The summed E-state index contributed by atoms with van der Waals surface area (Å²) in [6.45, 7) is 11.8. The van der Waals surface area contributed by atoms with Gasteiger partial charge in [-0.1, -0.05) is 44.9 Å². The third-order valence-corrected chi connectivity index (χ3v) is 14.2. The number of aryl methyl sites for hydroxylation is 2. The van der Waals surface area contributed by atoms with Crippen molar-refractivity contribution in [3.05, 3.63) is 47.2 Å². The molecule has 13 nitrogen and oxygen atoms in total. The minimum atomic E-state index is -4.05. The van der Waals surface area contributed by atoms with Crippen molar-refractivity contribution < 1.29 is 41.5 Å². The molecule has 1 saturated heterocycles. The van der Waals surface area contributed by atoms with E-state index in [2.05, 4.69) is 22.3 Å². The number of likely N-dealkylation sites (tertiary alicyclic amines) is 1. The molecule has 57 heavy (non-hydrogen) atoms. The topological polar surface area (TPSA) is 173 Å². The number of fused-ring (bicyclic) bond motifs is 3. The lowest BCUT2D eigenvalue weighted by molar-refractivity contribution is -0.143. The van der Waals surface area contributed by atoms with Gasteiger partial charge in [0.05, 0.1) is 22.5 Å². The number of amides is 4. The van der Waals surface area contributed by atoms with E-state index in [4.69, 9.17) is 14.5 Å². The molecule has 3 fully saturated rings. The Hall–Kier alpha value is -4.27. The van der Waals surface area contributed by atoms with E-state index in [1.807, 2.05) is 37.3 Å². The van der Waals surface area contributed by atoms with E-state index in [1.54, 1.807) is 34.6 Å². The maximum atomic E-state index is 16.7. The molecule has 4 amide bonds. The highest BCUT2D eigenvalue weighted by Crippen LogP contribution is 2.51. The third kappa shape index (κ3) is 8.63. The van der Waals surface area contributed by atoms with E-state index < -0.39 is 80.0 Å². The number of nitrogens with zero attached hydrogens (tertiary/aromatic N) is 2. The predicted molar refractivity (Wildman–Crippen MR) is 214 cm³/mol. The first-order chi connectivity index (χ1) is 26.8. The Labute approximate surface area is 335 Å². The number of rotatable bonds is 13. The normalized spacial score (nSPS) is 26.4. The lowest BCUT2D eigenvalue weighted by atomic mass is 9.65. The summed E-state index contributed by atoms with van der Waals surface area (Å²) < 4.78 is 56.6. The molecule has 312 valence electrons. The van der Waals surface area contributed by atoms with Gasteiger partial charge in [0, 0.05) is 29.7 Å². The Morgan fingerprint density at radius 3 is 2.47 bits per heavy atom. The third-order valence-electron chi connectivity index (χ3n) is 12.0. The van der Waals surface area contributed by atoms with Crippen LogP contribution in [0.2, 0.25) is 0 Å². The molecule has 1 aromatic carbocycles. The van der Waals surface area contributed by atoms with Crippen LogP contribution in [0.3, 0.4) is 0 Å². The molecule has 2 saturated carbocycles. The number of benzene rings is 1. The Balaban J connectivity index is 1.32. The number of halogens is 1. The van der Waals surface area contributed by atoms with Gasteiger partial charge < -0.3 is 25.0 Å². The van der Waals surface area contributed by atoms with Crippen LogP contribution in [0, 0.1) is 12.8 Å². The van der Waals surface area contributed by atoms with E-state index in [0.29, 0.717) is 41.4 Å². The smallest absolute Gasteiger partial charge is 0.408 e. The summed E-state index contributed by atoms with van der Waals surface area (Å²) in [7, 11) is -4.05. The number of hydrogen-bond donors (Lipinski definition) is 3. The quantitative estimate of drug-likeness (QED) is 0.158.